The first-order valence-corrected chi connectivity index (χ1v) is 10.4. The molecule has 32 heavy (non-hydrogen) atoms. The molecule has 0 aliphatic heterocycles. The summed E-state index contributed by atoms with van der Waals surface area (Å²) in [7, 11) is 1.62. The number of amides is 1. The monoisotopic (exact) mass is 433 g/mol. The smallest absolute Gasteiger partial charge is 0.251 e. The van der Waals surface area contributed by atoms with E-state index in [0.717, 1.165) is 34.8 Å². The number of para-hydroxylation sites is 2. The molecular weight excluding hydrogens is 409 g/mol. The number of aryl methyl sites for hydroxylation is 1. The van der Waals surface area contributed by atoms with Crippen molar-refractivity contribution in [1.29, 1.82) is 0 Å². The van der Waals surface area contributed by atoms with E-state index in [4.69, 9.17) is 9.47 Å². The lowest BCUT2D eigenvalue weighted by Crippen LogP contribution is -2.25. The first kappa shape index (κ1) is 21.4. The Balaban J connectivity index is 1.41. The molecule has 0 aliphatic rings. The summed E-state index contributed by atoms with van der Waals surface area (Å²) in [6.45, 7) is 1.48. The number of hydrogen-bond donors (Lipinski definition) is 1. The van der Waals surface area contributed by atoms with Gasteiger partial charge in [0.2, 0.25) is 0 Å². The third kappa shape index (κ3) is 5.06. The number of ether oxygens (including phenoxy) is 2. The maximum Gasteiger partial charge on any atom is 0.251 e. The zero-order valence-electron chi connectivity index (χ0n) is 17.8. The van der Waals surface area contributed by atoms with Gasteiger partial charge in [-0.2, -0.15) is 0 Å². The molecule has 0 aliphatic carbocycles. The molecule has 0 bridgehead atoms. The van der Waals surface area contributed by atoms with Crippen LogP contribution in [0.3, 0.4) is 0 Å². The summed E-state index contributed by atoms with van der Waals surface area (Å²) >= 11 is 0. The second kappa shape index (κ2) is 9.96. The molecule has 0 unspecified atom stereocenters. The van der Waals surface area contributed by atoms with Crippen LogP contribution in [0.25, 0.3) is 11.0 Å². The molecule has 1 N–H and O–H groups in total. The minimum Gasteiger partial charge on any atom is -0.497 e. The Kier molecular flexibility index (Phi) is 6.65. The van der Waals surface area contributed by atoms with Crippen molar-refractivity contribution >= 4 is 16.9 Å². The molecule has 1 heterocycles. The predicted molar refractivity (Wildman–Crippen MR) is 120 cm³/mol. The van der Waals surface area contributed by atoms with Crippen LogP contribution in [0, 0.1) is 5.82 Å². The molecule has 0 radical (unpaired) electrons. The minimum atomic E-state index is -0.375. The molecule has 164 valence electrons. The Hall–Kier alpha value is -3.87. The van der Waals surface area contributed by atoms with Crippen molar-refractivity contribution in [1.82, 2.24) is 14.9 Å². The van der Waals surface area contributed by atoms with Gasteiger partial charge in [0, 0.05) is 18.2 Å². The fraction of sp³-hybridized carbons (Fsp3) is 0.200. The molecule has 0 atom stereocenters. The number of nitrogens with zero attached hydrogens (tertiary/aromatic N) is 2. The third-order valence-corrected chi connectivity index (χ3v) is 5.08. The summed E-state index contributed by atoms with van der Waals surface area (Å²) in [5.41, 5.74) is 2.27. The molecular formula is C25H24FN3O3. The van der Waals surface area contributed by atoms with Gasteiger partial charge in [0.15, 0.2) is 0 Å². The van der Waals surface area contributed by atoms with Gasteiger partial charge < -0.3 is 19.4 Å². The summed E-state index contributed by atoms with van der Waals surface area (Å²) in [5.74, 6) is 1.61. The Morgan fingerprint density at radius 2 is 1.81 bits per heavy atom. The van der Waals surface area contributed by atoms with E-state index in [0.29, 0.717) is 18.7 Å². The predicted octanol–water partition coefficient (Wildman–Crippen LogP) is 4.58. The number of carbonyl (C=O) groups is 1. The SMILES string of the molecule is COc1cccc(OCCCn2c(CNC(=O)c3ccc(F)cc3)nc3ccccc32)c1. The number of aromatic nitrogens is 2. The van der Waals surface area contributed by atoms with E-state index in [1.54, 1.807) is 7.11 Å². The van der Waals surface area contributed by atoms with Gasteiger partial charge in [-0.15, -0.1) is 0 Å². The van der Waals surface area contributed by atoms with Gasteiger partial charge in [-0.25, -0.2) is 9.37 Å². The van der Waals surface area contributed by atoms with Gasteiger partial charge in [-0.1, -0.05) is 18.2 Å². The molecule has 4 rings (SSSR count). The van der Waals surface area contributed by atoms with Crippen LogP contribution in [0.4, 0.5) is 4.39 Å². The van der Waals surface area contributed by atoms with Crippen molar-refractivity contribution in [3.05, 3.63) is 90.0 Å². The van der Waals surface area contributed by atoms with Crippen LogP contribution in [-0.4, -0.2) is 29.2 Å². The number of nitrogens with one attached hydrogen (secondary N) is 1. The van der Waals surface area contributed by atoms with E-state index < -0.39 is 0 Å². The van der Waals surface area contributed by atoms with Crippen LogP contribution in [0.1, 0.15) is 22.6 Å². The molecule has 4 aromatic rings. The molecule has 7 heteroatoms. The lowest BCUT2D eigenvalue weighted by atomic mass is 10.2. The number of halogens is 1. The first-order chi connectivity index (χ1) is 15.6. The number of methoxy groups -OCH3 is 1. The maximum atomic E-state index is 13.1. The second-order valence-corrected chi connectivity index (χ2v) is 7.24. The largest absolute Gasteiger partial charge is 0.497 e. The molecule has 0 saturated heterocycles. The Bertz CT molecular complexity index is 1200. The number of benzene rings is 3. The van der Waals surface area contributed by atoms with Crippen molar-refractivity contribution in [2.45, 2.75) is 19.5 Å². The second-order valence-electron chi connectivity index (χ2n) is 7.24. The van der Waals surface area contributed by atoms with Gasteiger partial charge in [0.1, 0.15) is 23.1 Å². The Morgan fingerprint density at radius 1 is 1.03 bits per heavy atom. The van der Waals surface area contributed by atoms with Crippen LogP contribution in [-0.2, 0) is 13.1 Å². The lowest BCUT2D eigenvalue weighted by molar-refractivity contribution is 0.0949. The summed E-state index contributed by atoms with van der Waals surface area (Å²) in [4.78, 5) is 17.1. The summed E-state index contributed by atoms with van der Waals surface area (Å²) in [5, 5.41) is 2.88. The van der Waals surface area contributed by atoms with E-state index in [-0.39, 0.29) is 18.3 Å². The van der Waals surface area contributed by atoms with E-state index >= 15 is 0 Å². The van der Waals surface area contributed by atoms with Gasteiger partial charge in [0.05, 0.1) is 31.3 Å². The Labute approximate surface area is 185 Å². The summed E-state index contributed by atoms with van der Waals surface area (Å²) < 4.78 is 26.3. The molecule has 3 aromatic carbocycles. The van der Waals surface area contributed by atoms with Gasteiger partial charge >= 0.3 is 0 Å². The quantitative estimate of drug-likeness (QED) is 0.392. The molecule has 0 saturated carbocycles. The van der Waals surface area contributed by atoms with Crippen molar-refractivity contribution < 1.29 is 18.7 Å². The number of carbonyl (C=O) groups excluding carboxylic acids is 1. The standard InChI is InChI=1S/C25H24FN3O3/c1-31-20-6-4-7-21(16-20)32-15-5-14-29-23-9-3-2-8-22(23)28-24(29)17-27-25(30)18-10-12-19(26)13-11-18/h2-4,6-13,16H,5,14-15,17H2,1H3,(H,27,30). The van der Waals surface area contributed by atoms with E-state index in [9.17, 15) is 9.18 Å². The van der Waals surface area contributed by atoms with Crippen LogP contribution < -0.4 is 14.8 Å². The van der Waals surface area contributed by atoms with E-state index in [1.165, 1.54) is 24.3 Å². The van der Waals surface area contributed by atoms with Crippen molar-refractivity contribution in [3.63, 3.8) is 0 Å². The van der Waals surface area contributed by atoms with Crippen LogP contribution in [0.5, 0.6) is 11.5 Å². The number of rotatable bonds is 9. The zero-order chi connectivity index (χ0) is 22.3. The fourth-order valence-corrected chi connectivity index (χ4v) is 3.48. The summed E-state index contributed by atoms with van der Waals surface area (Å²) in [6, 6.07) is 20.8. The lowest BCUT2D eigenvalue weighted by Gasteiger charge is -2.12. The molecule has 1 aromatic heterocycles. The maximum absolute atomic E-state index is 13.1. The minimum absolute atomic E-state index is 0.266. The topological polar surface area (TPSA) is 65.4 Å². The van der Waals surface area contributed by atoms with Crippen LogP contribution in [0.2, 0.25) is 0 Å². The number of hydrogen-bond acceptors (Lipinski definition) is 4. The van der Waals surface area contributed by atoms with Crippen molar-refractivity contribution in [2.24, 2.45) is 0 Å². The van der Waals surface area contributed by atoms with E-state index in [2.05, 4.69) is 14.9 Å². The highest BCUT2D eigenvalue weighted by atomic mass is 19.1. The number of imidazole rings is 1. The highest BCUT2D eigenvalue weighted by Crippen LogP contribution is 2.20. The fourth-order valence-electron chi connectivity index (χ4n) is 3.48. The van der Waals surface area contributed by atoms with Crippen molar-refractivity contribution in [2.75, 3.05) is 13.7 Å². The van der Waals surface area contributed by atoms with Gasteiger partial charge in [0.25, 0.3) is 5.91 Å². The van der Waals surface area contributed by atoms with Gasteiger partial charge in [-0.05, 0) is 55.0 Å². The number of fused-ring (bicyclic) bond motifs is 1. The highest BCUT2D eigenvalue weighted by Gasteiger charge is 2.12. The summed E-state index contributed by atoms with van der Waals surface area (Å²) in [6.07, 6.45) is 0.760. The van der Waals surface area contributed by atoms with Gasteiger partial charge in [-0.3, -0.25) is 4.79 Å². The highest BCUT2D eigenvalue weighted by molar-refractivity contribution is 5.94. The molecule has 0 spiro atoms. The third-order valence-electron chi connectivity index (χ3n) is 5.08. The van der Waals surface area contributed by atoms with E-state index in [1.807, 2.05) is 48.5 Å². The Morgan fingerprint density at radius 3 is 2.62 bits per heavy atom. The normalized spacial score (nSPS) is 10.8. The first-order valence-electron chi connectivity index (χ1n) is 10.4. The van der Waals surface area contributed by atoms with Crippen molar-refractivity contribution in [3.8, 4) is 11.5 Å². The van der Waals surface area contributed by atoms with Crippen LogP contribution >= 0.6 is 0 Å². The van der Waals surface area contributed by atoms with Crippen LogP contribution in [0.15, 0.2) is 72.8 Å². The molecule has 6 nitrogen and oxygen atoms in total. The average Bonchev–Trinajstić information content (AvgIpc) is 3.18. The average molecular weight is 433 g/mol. The molecule has 1 amide bonds. The molecule has 0 fully saturated rings. The zero-order valence-corrected chi connectivity index (χ0v) is 17.8.